The maximum Gasteiger partial charge on any atom is 0.264 e. The summed E-state index contributed by atoms with van der Waals surface area (Å²) in [6, 6.07) is 20.6. The van der Waals surface area contributed by atoms with E-state index >= 15 is 0 Å². The van der Waals surface area contributed by atoms with Crippen LogP contribution in [0, 0.1) is 0 Å². The van der Waals surface area contributed by atoms with Crippen LogP contribution in [0.4, 0.5) is 5.69 Å². The number of nitrogens with zero attached hydrogens (tertiary/aromatic N) is 2. The molecule has 0 bridgehead atoms. The molecule has 0 saturated heterocycles. The third kappa shape index (κ3) is 7.55. The summed E-state index contributed by atoms with van der Waals surface area (Å²) >= 11 is 6.44. The average Bonchev–Trinajstić information content (AvgIpc) is 2.96. The fourth-order valence-electron chi connectivity index (χ4n) is 4.22. The van der Waals surface area contributed by atoms with Gasteiger partial charge in [0, 0.05) is 12.6 Å². The summed E-state index contributed by atoms with van der Waals surface area (Å²) in [5, 5.41) is 3.14. The maximum atomic E-state index is 14.1. The first-order valence-electron chi connectivity index (χ1n) is 13.2. The van der Waals surface area contributed by atoms with E-state index in [1.165, 1.54) is 17.0 Å². The number of anilines is 1. The van der Waals surface area contributed by atoms with Crippen molar-refractivity contribution in [2.75, 3.05) is 18.0 Å². The Morgan fingerprint density at radius 2 is 1.62 bits per heavy atom. The van der Waals surface area contributed by atoms with Crippen molar-refractivity contribution in [1.29, 1.82) is 0 Å². The summed E-state index contributed by atoms with van der Waals surface area (Å²) in [4.78, 5) is 28.9. The molecule has 2 amide bonds. The summed E-state index contributed by atoms with van der Waals surface area (Å²) in [5.41, 5.74) is 0.900. The highest BCUT2D eigenvalue weighted by atomic mass is 35.5. The van der Waals surface area contributed by atoms with Gasteiger partial charge in [0.2, 0.25) is 11.8 Å². The summed E-state index contributed by atoms with van der Waals surface area (Å²) in [6.45, 7) is 5.19. The third-order valence-electron chi connectivity index (χ3n) is 6.61. The average molecular weight is 586 g/mol. The molecule has 1 N–H and O–H groups in total. The number of halogens is 1. The molecule has 0 spiro atoms. The largest absolute Gasteiger partial charge is 0.497 e. The van der Waals surface area contributed by atoms with Crippen molar-refractivity contribution in [2.45, 2.75) is 57.1 Å². The van der Waals surface area contributed by atoms with Gasteiger partial charge < -0.3 is 15.0 Å². The topological polar surface area (TPSA) is 96.0 Å². The van der Waals surface area contributed by atoms with Crippen LogP contribution >= 0.6 is 11.6 Å². The van der Waals surface area contributed by atoms with Crippen molar-refractivity contribution < 1.29 is 22.7 Å². The van der Waals surface area contributed by atoms with Gasteiger partial charge in [-0.3, -0.25) is 13.9 Å². The van der Waals surface area contributed by atoms with Crippen LogP contribution in [0.1, 0.15) is 39.2 Å². The number of benzene rings is 3. The van der Waals surface area contributed by atoms with Gasteiger partial charge in [-0.2, -0.15) is 0 Å². The number of hydrogen-bond acceptors (Lipinski definition) is 5. The number of methoxy groups -OCH3 is 1. The Morgan fingerprint density at radius 1 is 0.950 bits per heavy atom. The van der Waals surface area contributed by atoms with Crippen molar-refractivity contribution in [2.24, 2.45) is 0 Å². The van der Waals surface area contributed by atoms with Crippen LogP contribution in [0.25, 0.3) is 0 Å². The molecule has 3 aromatic carbocycles. The summed E-state index contributed by atoms with van der Waals surface area (Å²) in [7, 11) is -2.64. The van der Waals surface area contributed by atoms with E-state index in [4.69, 9.17) is 16.3 Å². The Labute approximate surface area is 241 Å². The first kappa shape index (κ1) is 31.0. The second-order valence-corrected chi connectivity index (χ2v) is 11.7. The van der Waals surface area contributed by atoms with Crippen LogP contribution in [0.5, 0.6) is 5.75 Å². The van der Waals surface area contributed by atoms with Crippen LogP contribution < -0.4 is 14.4 Å². The zero-order valence-electron chi connectivity index (χ0n) is 23.2. The van der Waals surface area contributed by atoms with Gasteiger partial charge in [-0.25, -0.2) is 8.42 Å². The second-order valence-electron chi connectivity index (χ2n) is 9.39. The van der Waals surface area contributed by atoms with Crippen molar-refractivity contribution >= 4 is 39.1 Å². The molecule has 0 aromatic heterocycles. The van der Waals surface area contributed by atoms with Crippen LogP contribution in [-0.4, -0.2) is 50.9 Å². The van der Waals surface area contributed by atoms with Crippen molar-refractivity contribution in [3.8, 4) is 5.75 Å². The normalized spacial score (nSPS) is 12.7. The zero-order valence-corrected chi connectivity index (χ0v) is 24.8. The van der Waals surface area contributed by atoms with Crippen molar-refractivity contribution in [3.05, 3.63) is 89.4 Å². The Balaban J connectivity index is 2.07. The maximum absolute atomic E-state index is 14.1. The lowest BCUT2D eigenvalue weighted by Gasteiger charge is -2.34. The molecule has 40 heavy (non-hydrogen) atoms. The number of para-hydroxylation sites is 1. The number of nitrogens with one attached hydrogen (secondary N) is 1. The second kappa shape index (κ2) is 14.2. The van der Waals surface area contributed by atoms with Crippen molar-refractivity contribution in [1.82, 2.24) is 10.2 Å². The van der Waals surface area contributed by atoms with Crippen LogP contribution in [0.3, 0.4) is 0 Å². The van der Waals surface area contributed by atoms with Gasteiger partial charge in [0.05, 0.1) is 22.7 Å². The molecule has 0 aliphatic heterocycles. The summed E-state index contributed by atoms with van der Waals surface area (Å²) in [6.07, 6.45) is 1.05. The minimum atomic E-state index is -4.18. The number of hydrogen-bond donors (Lipinski definition) is 1. The van der Waals surface area contributed by atoms with Gasteiger partial charge in [0.25, 0.3) is 10.0 Å². The molecule has 0 radical (unpaired) electrons. The number of rotatable bonds is 13. The molecule has 0 fully saturated rings. The highest BCUT2D eigenvalue weighted by Gasteiger charge is 2.34. The lowest BCUT2D eigenvalue weighted by Crippen LogP contribution is -2.53. The quantitative estimate of drug-likeness (QED) is 0.295. The van der Waals surface area contributed by atoms with E-state index in [0.29, 0.717) is 12.2 Å². The molecule has 8 nitrogen and oxygen atoms in total. The zero-order chi connectivity index (χ0) is 29.3. The van der Waals surface area contributed by atoms with Crippen molar-refractivity contribution in [3.63, 3.8) is 0 Å². The fourth-order valence-corrected chi connectivity index (χ4v) is 5.96. The highest BCUT2D eigenvalue weighted by Crippen LogP contribution is 2.31. The molecule has 3 aromatic rings. The van der Waals surface area contributed by atoms with E-state index < -0.39 is 28.5 Å². The van der Waals surface area contributed by atoms with E-state index in [9.17, 15) is 18.0 Å². The van der Waals surface area contributed by atoms with Crippen LogP contribution in [0.15, 0.2) is 83.8 Å². The standard InChI is InChI=1S/C30H36ClN3O5S/c1-5-22(3)32-30(36)27(6-2)33(20-23-13-12-14-24(19-23)39-4)29(35)21-34(28-18-11-10-17-26(28)31)40(37,38)25-15-8-7-9-16-25/h7-19,22,27H,5-6,20-21H2,1-4H3,(H,32,36)/t22-,27-/m0/s1. The predicted molar refractivity (Wildman–Crippen MR) is 158 cm³/mol. The highest BCUT2D eigenvalue weighted by molar-refractivity contribution is 7.92. The van der Waals surface area contributed by atoms with E-state index in [0.717, 1.165) is 16.3 Å². The van der Waals surface area contributed by atoms with E-state index in [1.54, 1.807) is 67.8 Å². The summed E-state index contributed by atoms with van der Waals surface area (Å²) < 4.78 is 34.0. The Morgan fingerprint density at radius 3 is 2.25 bits per heavy atom. The van der Waals surface area contributed by atoms with Crippen LogP contribution in [0.2, 0.25) is 5.02 Å². The molecule has 2 atom stereocenters. The summed E-state index contributed by atoms with van der Waals surface area (Å²) in [5.74, 6) is -0.247. The molecule has 3 rings (SSSR count). The lowest BCUT2D eigenvalue weighted by molar-refractivity contribution is -0.140. The van der Waals surface area contributed by atoms with Gasteiger partial charge >= 0.3 is 0 Å². The Hall–Kier alpha value is -3.56. The first-order chi connectivity index (χ1) is 19.1. The van der Waals surface area contributed by atoms with Gasteiger partial charge in [0.15, 0.2) is 0 Å². The number of ether oxygens (including phenoxy) is 1. The minimum Gasteiger partial charge on any atom is -0.497 e. The predicted octanol–water partition coefficient (Wildman–Crippen LogP) is 5.27. The molecule has 0 saturated carbocycles. The number of carbonyl (C=O) groups excluding carboxylic acids is 2. The SMILES string of the molecule is CC[C@H](C)NC(=O)[C@H](CC)N(Cc1cccc(OC)c1)C(=O)CN(c1ccccc1Cl)S(=O)(=O)c1ccccc1. The lowest BCUT2D eigenvalue weighted by atomic mass is 10.1. The first-order valence-corrected chi connectivity index (χ1v) is 15.0. The molecular weight excluding hydrogens is 550 g/mol. The monoisotopic (exact) mass is 585 g/mol. The minimum absolute atomic E-state index is 0.0172. The number of amides is 2. The van der Waals surface area contributed by atoms with Crippen LogP contribution in [-0.2, 0) is 26.2 Å². The van der Waals surface area contributed by atoms with E-state index in [-0.39, 0.29) is 34.1 Å². The third-order valence-corrected chi connectivity index (χ3v) is 8.70. The van der Waals surface area contributed by atoms with Gasteiger partial charge in [0.1, 0.15) is 18.3 Å². The fraction of sp³-hybridized carbons (Fsp3) is 0.333. The molecule has 0 unspecified atom stereocenters. The Kier molecular flexibility index (Phi) is 11.0. The van der Waals surface area contributed by atoms with Gasteiger partial charge in [-0.05, 0) is 61.7 Å². The van der Waals surface area contributed by atoms with Gasteiger partial charge in [-0.1, -0.05) is 67.9 Å². The molecule has 214 valence electrons. The molecular formula is C30H36ClN3O5S. The molecule has 10 heteroatoms. The number of sulfonamides is 1. The molecule has 0 heterocycles. The van der Waals surface area contributed by atoms with Gasteiger partial charge in [-0.15, -0.1) is 0 Å². The number of carbonyl (C=O) groups is 2. The molecule has 0 aliphatic carbocycles. The smallest absolute Gasteiger partial charge is 0.264 e. The Bertz CT molecular complexity index is 1400. The molecule has 0 aliphatic rings. The van der Waals surface area contributed by atoms with E-state index in [1.807, 2.05) is 26.8 Å². The van der Waals surface area contributed by atoms with E-state index in [2.05, 4.69) is 5.32 Å².